The summed E-state index contributed by atoms with van der Waals surface area (Å²) < 4.78 is 0. The third-order valence-electron chi connectivity index (χ3n) is 2.57. The lowest BCUT2D eigenvalue weighted by molar-refractivity contribution is -0.138. The van der Waals surface area contributed by atoms with Gasteiger partial charge in [0.25, 0.3) is 0 Å². The van der Waals surface area contributed by atoms with E-state index in [1.165, 1.54) is 6.20 Å². The van der Waals surface area contributed by atoms with E-state index in [0.29, 0.717) is 0 Å². The molecule has 0 saturated carbocycles. The second-order valence-corrected chi connectivity index (χ2v) is 4.36. The molecule has 7 heteroatoms. The Balaban J connectivity index is 1.92. The topological polar surface area (TPSA) is 97.1 Å². The first kappa shape index (κ1) is 13.7. The molecule has 0 unspecified atom stereocenters. The maximum absolute atomic E-state index is 11.8. The van der Waals surface area contributed by atoms with E-state index in [1.807, 2.05) is 31.2 Å². The molecule has 104 valence electrons. The summed E-state index contributed by atoms with van der Waals surface area (Å²) in [6, 6.07) is 7.64. The first-order chi connectivity index (χ1) is 9.52. The van der Waals surface area contributed by atoms with Crippen molar-refractivity contribution >= 4 is 17.7 Å². The molecule has 1 aromatic heterocycles. The van der Waals surface area contributed by atoms with E-state index in [-0.39, 0.29) is 24.7 Å². The second-order valence-electron chi connectivity index (χ2n) is 4.36. The van der Waals surface area contributed by atoms with Gasteiger partial charge in [-0.25, -0.2) is 0 Å². The number of anilines is 1. The smallest absolute Gasteiger partial charge is 0.327 e. The van der Waals surface area contributed by atoms with Gasteiger partial charge in [-0.05, 0) is 12.5 Å². The summed E-state index contributed by atoms with van der Waals surface area (Å²) in [5, 5.41) is 18.7. The van der Waals surface area contributed by atoms with Gasteiger partial charge in [0, 0.05) is 0 Å². The molecule has 0 bridgehead atoms. The van der Waals surface area contributed by atoms with Crippen molar-refractivity contribution in [3.8, 4) is 0 Å². The fourth-order valence-corrected chi connectivity index (χ4v) is 1.63. The van der Waals surface area contributed by atoms with Crippen LogP contribution < -0.4 is 5.32 Å². The number of carboxylic acid groups (broad SMARTS) is 1. The van der Waals surface area contributed by atoms with Gasteiger partial charge >= 0.3 is 5.97 Å². The number of nitrogens with zero attached hydrogens (tertiary/aromatic N) is 3. The van der Waals surface area contributed by atoms with Gasteiger partial charge in [0.15, 0.2) is 12.4 Å². The Morgan fingerprint density at radius 1 is 1.30 bits per heavy atom. The maximum atomic E-state index is 11.8. The predicted octanol–water partition coefficient (Wildman–Crippen LogP) is 0.852. The van der Waals surface area contributed by atoms with E-state index in [2.05, 4.69) is 15.5 Å². The molecular weight excluding hydrogens is 260 g/mol. The number of rotatable bonds is 5. The van der Waals surface area contributed by atoms with Crippen LogP contribution in [-0.2, 0) is 22.6 Å². The molecule has 2 N–H and O–H groups in total. The number of carbonyl (C=O) groups is 2. The number of hydrogen-bond donors (Lipinski definition) is 2. The number of benzene rings is 1. The van der Waals surface area contributed by atoms with Crippen LogP contribution in [0.3, 0.4) is 0 Å². The van der Waals surface area contributed by atoms with Crippen molar-refractivity contribution in [1.82, 2.24) is 15.0 Å². The highest BCUT2D eigenvalue weighted by Crippen LogP contribution is 2.06. The predicted molar refractivity (Wildman–Crippen MR) is 71.2 cm³/mol. The van der Waals surface area contributed by atoms with Crippen LogP contribution in [0, 0.1) is 6.92 Å². The minimum atomic E-state index is -1.04. The van der Waals surface area contributed by atoms with Crippen molar-refractivity contribution in [3.63, 3.8) is 0 Å². The van der Waals surface area contributed by atoms with Crippen LogP contribution in [0.1, 0.15) is 11.1 Å². The monoisotopic (exact) mass is 274 g/mol. The number of aryl methyl sites for hydroxylation is 1. The van der Waals surface area contributed by atoms with Gasteiger partial charge in [0.2, 0.25) is 5.91 Å². The van der Waals surface area contributed by atoms with Gasteiger partial charge in [-0.3, -0.25) is 9.59 Å². The van der Waals surface area contributed by atoms with Crippen LogP contribution in [0.25, 0.3) is 0 Å². The van der Waals surface area contributed by atoms with Crippen molar-refractivity contribution in [2.24, 2.45) is 0 Å². The number of aromatic nitrogens is 3. The first-order valence-electron chi connectivity index (χ1n) is 6.00. The molecule has 2 aromatic rings. The Hall–Kier alpha value is -2.70. The third kappa shape index (κ3) is 3.91. The molecule has 0 aliphatic rings. The number of nitrogens with one attached hydrogen (secondary N) is 1. The Bertz CT molecular complexity index is 619. The van der Waals surface area contributed by atoms with Crippen LogP contribution in [0.5, 0.6) is 0 Å². The van der Waals surface area contributed by atoms with Crippen molar-refractivity contribution in [2.75, 3.05) is 5.32 Å². The standard InChI is InChI=1S/C13H14N4O3/c1-9-2-4-10(5-3-9)6-12(18)15-11-7-14-17(16-11)8-13(19)20/h2-5,7H,6,8H2,1H3,(H,19,20)(H,15,16,18). The molecule has 1 aromatic carbocycles. The van der Waals surface area contributed by atoms with Crippen LogP contribution in [-0.4, -0.2) is 32.0 Å². The van der Waals surface area contributed by atoms with Gasteiger partial charge < -0.3 is 10.4 Å². The Morgan fingerprint density at radius 3 is 2.65 bits per heavy atom. The van der Waals surface area contributed by atoms with Crippen LogP contribution >= 0.6 is 0 Å². The van der Waals surface area contributed by atoms with E-state index < -0.39 is 5.97 Å². The number of carbonyl (C=O) groups excluding carboxylic acids is 1. The summed E-state index contributed by atoms with van der Waals surface area (Å²) in [5.41, 5.74) is 2.02. The minimum Gasteiger partial charge on any atom is -0.480 e. The molecule has 0 radical (unpaired) electrons. The lowest BCUT2D eigenvalue weighted by atomic mass is 10.1. The fraction of sp³-hybridized carbons (Fsp3) is 0.231. The number of aliphatic carboxylic acids is 1. The third-order valence-corrected chi connectivity index (χ3v) is 2.57. The summed E-state index contributed by atoms with van der Waals surface area (Å²) in [6.07, 6.45) is 1.54. The van der Waals surface area contributed by atoms with E-state index in [0.717, 1.165) is 15.9 Å². The van der Waals surface area contributed by atoms with Crippen LogP contribution in [0.15, 0.2) is 30.5 Å². The highest BCUT2D eigenvalue weighted by molar-refractivity contribution is 5.91. The molecule has 0 spiro atoms. The summed E-state index contributed by atoms with van der Waals surface area (Å²) in [6.45, 7) is 1.64. The van der Waals surface area contributed by atoms with Gasteiger partial charge in [0.05, 0.1) is 12.6 Å². The summed E-state index contributed by atoms with van der Waals surface area (Å²) in [4.78, 5) is 23.3. The minimum absolute atomic E-state index is 0.226. The summed E-state index contributed by atoms with van der Waals surface area (Å²) in [7, 11) is 0. The summed E-state index contributed by atoms with van der Waals surface area (Å²) in [5.74, 6) is -1.03. The zero-order chi connectivity index (χ0) is 14.5. The lowest BCUT2D eigenvalue weighted by Crippen LogP contribution is -2.16. The van der Waals surface area contributed by atoms with Crippen molar-refractivity contribution < 1.29 is 14.7 Å². The molecule has 0 aliphatic heterocycles. The van der Waals surface area contributed by atoms with E-state index >= 15 is 0 Å². The zero-order valence-electron chi connectivity index (χ0n) is 10.9. The van der Waals surface area contributed by atoms with Gasteiger partial charge in [-0.1, -0.05) is 29.8 Å². The Kier molecular flexibility index (Phi) is 4.09. The van der Waals surface area contributed by atoms with Gasteiger partial charge in [0.1, 0.15) is 0 Å². The average molecular weight is 274 g/mol. The van der Waals surface area contributed by atoms with Crippen molar-refractivity contribution in [3.05, 3.63) is 41.6 Å². The molecule has 0 aliphatic carbocycles. The number of carboxylic acids is 1. The molecule has 2 rings (SSSR count). The van der Waals surface area contributed by atoms with Gasteiger partial charge in [-0.2, -0.15) is 9.90 Å². The highest BCUT2D eigenvalue weighted by Gasteiger charge is 2.08. The van der Waals surface area contributed by atoms with E-state index in [4.69, 9.17) is 5.11 Å². The molecule has 0 saturated heterocycles. The molecule has 20 heavy (non-hydrogen) atoms. The first-order valence-corrected chi connectivity index (χ1v) is 6.00. The molecular formula is C13H14N4O3. The normalized spacial score (nSPS) is 10.2. The second kappa shape index (κ2) is 5.96. The fourth-order valence-electron chi connectivity index (χ4n) is 1.63. The molecule has 0 atom stereocenters. The number of amides is 1. The maximum Gasteiger partial charge on any atom is 0.327 e. The zero-order valence-corrected chi connectivity index (χ0v) is 10.9. The van der Waals surface area contributed by atoms with Crippen LogP contribution in [0.4, 0.5) is 5.82 Å². The highest BCUT2D eigenvalue weighted by atomic mass is 16.4. The lowest BCUT2D eigenvalue weighted by Gasteiger charge is -2.02. The molecule has 1 heterocycles. The SMILES string of the molecule is Cc1ccc(CC(=O)Nc2cnn(CC(=O)O)n2)cc1. The average Bonchev–Trinajstić information content (AvgIpc) is 2.78. The Morgan fingerprint density at radius 2 is 2.00 bits per heavy atom. The Labute approximate surface area is 115 Å². The van der Waals surface area contributed by atoms with Crippen LogP contribution in [0.2, 0.25) is 0 Å². The van der Waals surface area contributed by atoms with E-state index in [9.17, 15) is 9.59 Å². The quantitative estimate of drug-likeness (QED) is 0.842. The van der Waals surface area contributed by atoms with Crippen molar-refractivity contribution in [1.29, 1.82) is 0 Å². The summed E-state index contributed by atoms with van der Waals surface area (Å²) >= 11 is 0. The number of hydrogen-bond acceptors (Lipinski definition) is 4. The molecule has 0 fully saturated rings. The van der Waals surface area contributed by atoms with E-state index in [1.54, 1.807) is 0 Å². The van der Waals surface area contributed by atoms with Gasteiger partial charge in [-0.15, -0.1) is 5.10 Å². The molecule has 7 nitrogen and oxygen atoms in total. The largest absolute Gasteiger partial charge is 0.480 e. The van der Waals surface area contributed by atoms with Crippen molar-refractivity contribution in [2.45, 2.75) is 19.9 Å². The molecule has 1 amide bonds.